The van der Waals surface area contributed by atoms with Crippen molar-refractivity contribution in [2.75, 3.05) is 11.9 Å². The Balaban J connectivity index is 1.43. The van der Waals surface area contributed by atoms with Crippen LogP contribution in [0.3, 0.4) is 0 Å². The molecule has 146 valence electrons. The van der Waals surface area contributed by atoms with Gasteiger partial charge in [0, 0.05) is 37.0 Å². The van der Waals surface area contributed by atoms with Crippen LogP contribution in [0, 0.1) is 6.92 Å². The maximum atomic E-state index is 12.3. The molecule has 0 bridgehead atoms. The molecule has 1 saturated heterocycles. The first-order valence-corrected chi connectivity index (χ1v) is 9.31. The van der Waals surface area contributed by atoms with Gasteiger partial charge in [-0.1, -0.05) is 0 Å². The number of nitrogens with zero attached hydrogens (tertiary/aromatic N) is 2. The number of pyridine rings is 1. The number of amides is 1. The van der Waals surface area contributed by atoms with Gasteiger partial charge in [-0.2, -0.15) is 0 Å². The Morgan fingerprint density at radius 2 is 2.25 bits per heavy atom. The molecule has 1 aromatic carbocycles. The Morgan fingerprint density at radius 1 is 1.39 bits per heavy atom. The first kappa shape index (κ1) is 18.2. The summed E-state index contributed by atoms with van der Waals surface area (Å²) >= 11 is 0. The number of anilines is 1. The minimum absolute atomic E-state index is 0.0114. The van der Waals surface area contributed by atoms with E-state index in [0.29, 0.717) is 11.4 Å². The van der Waals surface area contributed by atoms with Crippen molar-refractivity contribution in [1.82, 2.24) is 14.5 Å². The first-order valence-electron chi connectivity index (χ1n) is 9.31. The van der Waals surface area contributed by atoms with Crippen LogP contribution < -0.4 is 10.9 Å². The zero-order valence-corrected chi connectivity index (χ0v) is 15.6. The van der Waals surface area contributed by atoms with Crippen molar-refractivity contribution < 1.29 is 14.6 Å². The third-order valence-corrected chi connectivity index (χ3v) is 4.90. The lowest BCUT2D eigenvalue weighted by Gasteiger charge is -2.10. The summed E-state index contributed by atoms with van der Waals surface area (Å²) in [4.78, 5) is 32.1. The van der Waals surface area contributed by atoms with Gasteiger partial charge < -0.3 is 24.7 Å². The minimum atomic E-state index is -0.328. The van der Waals surface area contributed by atoms with Gasteiger partial charge in [0.1, 0.15) is 17.7 Å². The number of aromatic nitrogens is 3. The van der Waals surface area contributed by atoms with Crippen molar-refractivity contribution in [3.05, 3.63) is 52.2 Å². The molecule has 0 spiro atoms. The molecule has 2 aromatic heterocycles. The van der Waals surface area contributed by atoms with E-state index in [4.69, 9.17) is 4.74 Å². The van der Waals surface area contributed by atoms with E-state index >= 15 is 0 Å². The number of nitrogens with one attached hydrogen (secondary N) is 2. The first-order chi connectivity index (χ1) is 13.5. The van der Waals surface area contributed by atoms with Crippen LogP contribution in [0.4, 0.5) is 5.69 Å². The molecule has 0 radical (unpaired) electrons. The minimum Gasteiger partial charge on any atom is -0.508 e. The Hall–Kier alpha value is -3.13. The van der Waals surface area contributed by atoms with Crippen molar-refractivity contribution in [3.63, 3.8) is 0 Å². The van der Waals surface area contributed by atoms with Gasteiger partial charge in [-0.15, -0.1) is 0 Å². The van der Waals surface area contributed by atoms with Crippen molar-refractivity contribution >= 4 is 22.6 Å². The van der Waals surface area contributed by atoms with E-state index in [9.17, 15) is 14.7 Å². The molecule has 1 atom stereocenters. The van der Waals surface area contributed by atoms with Gasteiger partial charge in [-0.05, 0) is 44.0 Å². The fourth-order valence-electron chi connectivity index (χ4n) is 3.49. The fourth-order valence-corrected chi connectivity index (χ4v) is 3.49. The zero-order chi connectivity index (χ0) is 19.7. The lowest BCUT2D eigenvalue weighted by molar-refractivity contribution is -0.116. The SMILES string of the molecule is Cc1cc(O)cc(=O)n1CCC(=O)Nc1ccc2nc(C3CCCO3)[nH]c2c1. The van der Waals surface area contributed by atoms with E-state index in [1.54, 1.807) is 13.0 Å². The lowest BCUT2D eigenvalue weighted by atomic mass is 10.2. The number of aryl methyl sites for hydroxylation is 1. The molecule has 3 aromatic rings. The molecule has 1 fully saturated rings. The highest BCUT2D eigenvalue weighted by molar-refractivity contribution is 5.93. The van der Waals surface area contributed by atoms with E-state index in [2.05, 4.69) is 15.3 Å². The number of aromatic amines is 1. The van der Waals surface area contributed by atoms with Gasteiger partial charge in [0.15, 0.2) is 0 Å². The second-order valence-electron chi connectivity index (χ2n) is 7.00. The molecule has 1 aliphatic heterocycles. The molecular weight excluding hydrogens is 360 g/mol. The van der Waals surface area contributed by atoms with Gasteiger partial charge in [0.05, 0.1) is 11.0 Å². The molecule has 3 N–H and O–H groups in total. The van der Waals surface area contributed by atoms with Crippen molar-refractivity contribution in [1.29, 1.82) is 0 Å². The summed E-state index contributed by atoms with van der Waals surface area (Å²) < 4.78 is 7.12. The van der Waals surface area contributed by atoms with Gasteiger partial charge in [-0.25, -0.2) is 4.98 Å². The Morgan fingerprint density at radius 3 is 3.00 bits per heavy atom. The third-order valence-electron chi connectivity index (χ3n) is 4.90. The van der Waals surface area contributed by atoms with E-state index in [-0.39, 0.29) is 36.3 Å². The van der Waals surface area contributed by atoms with Gasteiger partial charge >= 0.3 is 0 Å². The number of ether oxygens (including phenoxy) is 1. The highest BCUT2D eigenvalue weighted by Crippen LogP contribution is 2.28. The van der Waals surface area contributed by atoms with Crippen LogP contribution in [-0.4, -0.2) is 32.2 Å². The van der Waals surface area contributed by atoms with Crippen molar-refractivity contribution in [3.8, 4) is 5.75 Å². The second kappa shape index (κ2) is 7.47. The number of hydrogen-bond donors (Lipinski definition) is 3. The van der Waals surface area contributed by atoms with E-state index < -0.39 is 0 Å². The third kappa shape index (κ3) is 3.77. The van der Waals surface area contributed by atoms with Gasteiger partial charge in [0.2, 0.25) is 5.91 Å². The molecule has 1 amide bonds. The standard InChI is InChI=1S/C20H22N4O4/c1-12-9-14(25)11-19(27)24(12)7-6-18(26)21-13-4-5-15-16(10-13)23-20(22-15)17-3-2-8-28-17/h4-5,9-11,17,25H,2-3,6-8H2,1H3,(H,21,26)(H,22,23). The summed E-state index contributed by atoms with van der Waals surface area (Å²) in [5.74, 6) is 0.550. The molecule has 8 heteroatoms. The summed E-state index contributed by atoms with van der Waals surface area (Å²) in [5, 5.41) is 12.3. The van der Waals surface area contributed by atoms with Crippen LogP contribution in [0.1, 0.15) is 36.9 Å². The van der Waals surface area contributed by atoms with Gasteiger partial charge in [0.25, 0.3) is 5.56 Å². The zero-order valence-electron chi connectivity index (χ0n) is 15.6. The topological polar surface area (TPSA) is 109 Å². The number of imidazole rings is 1. The van der Waals surface area contributed by atoms with Crippen molar-refractivity contribution in [2.45, 2.75) is 38.8 Å². The van der Waals surface area contributed by atoms with E-state index in [1.807, 2.05) is 12.1 Å². The van der Waals surface area contributed by atoms with Crippen molar-refractivity contribution in [2.24, 2.45) is 0 Å². The predicted molar refractivity (Wildman–Crippen MR) is 104 cm³/mol. The average Bonchev–Trinajstić information content (AvgIpc) is 3.29. The second-order valence-corrected chi connectivity index (χ2v) is 7.00. The Labute approximate surface area is 161 Å². The summed E-state index contributed by atoms with van der Waals surface area (Å²) in [6.45, 7) is 2.72. The van der Waals surface area contributed by atoms with Crippen LogP contribution in [0.15, 0.2) is 35.1 Å². The maximum Gasteiger partial charge on any atom is 0.254 e. The quantitative estimate of drug-likeness (QED) is 0.628. The smallest absolute Gasteiger partial charge is 0.254 e. The lowest BCUT2D eigenvalue weighted by Crippen LogP contribution is -2.24. The summed E-state index contributed by atoms with van der Waals surface area (Å²) in [6.07, 6.45) is 2.15. The molecule has 1 unspecified atom stereocenters. The number of benzene rings is 1. The van der Waals surface area contributed by atoms with E-state index in [0.717, 1.165) is 42.4 Å². The van der Waals surface area contributed by atoms with Crippen LogP contribution in [0.2, 0.25) is 0 Å². The summed E-state index contributed by atoms with van der Waals surface area (Å²) in [5.41, 5.74) is 2.61. The Kier molecular flexibility index (Phi) is 4.87. The highest BCUT2D eigenvalue weighted by Gasteiger charge is 2.21. The largest absolute Gasteiger partial charge is 0.508 e. The van der Waals surface area contributed by atoms with Crippen LogP contribution in [0.5, 0.6) is 5.75 Å². The maximum absolute atomic E-state index is 12.3. The molecule has 4 rings (SSSR count). The Bertz CT molecular complexity index is 1080. The van der Waals surface area contributed by atoms with Crippen LogP contribution >= 0.6 is 0 Å². The molecule has 3 heterocycles. The summed E-state index contributed by atoms with van der Waals surface area (Å²) in [7, 11) is 0. The van der Waals surface area contributed by atoms with Crippen LogP contribution in [-0.2, 0) is 16.1 Å². The number of hydrogen-bond acceptors (Lipinski definition) is 5. The number of H-pyrrole nitrogens is 1. The number of carbonyl (C=O) groups excluding carboxylic acids is 1. The molecular formula is C20H22N4O4. The van der Waals surface area contributed by atoms with E-state index in [1.165, 1.54) is 10.6 Å². The molecule has 0 saturated carbocycles. The van der Waals surface area contributed by atoms with Crippen LogP contribution in [0.25, 0.3) is 11.0 Å². The molecule has 0 aliphatic carbocycles. The number of fused-ring (bicyclic) bond motifs is 1. The molecule has 1 aliphatic rings. The monoisotopic (exact) mass is 382 g/mol. The van der Waals surface area contributed by atoms with Gasteiger partial charge in [-0.3, -0.25) is 9.59 Å². The summed E-state index contributed by atoms with van der Waals surface area (Å²) in [6, 6.07) is 8.14. The highest BCUT2D eigenvalue weighted by atomic mass is 16.5. The normalized spacial score (nSPS) is 16.5. The fraction of sp³-hybridized carbons (Fsp3) is 0.350. The predicted octanol–water partition coefficient (Wildman–Crippen LogP) is 2.62. The molecule has 28 heavy (non-hydrogen) atoms. The average molecular weight is 382 g/mol. The number of rotatable bonds is 5. The number of aromatic hydroxyl groups is 1. The molecule has 8 nitrogen and oxygen atoms in total. The number of carbonyl (C=O) groups is 1.